The van der Waals surface area contributed by atoms with E-state index in [1.54, 1.807) is 23.5 Å². The van der Waals surface area contributed by atoms with Crippen molar-refractivity contribution in [2.75, 3.05) is 0 Å². The van der Waals surface area contributed by atoms with E-state index in [1.165, 1.54) is 0 Å². The number of benzene rings is 1. The fourth-order valence-corrected chi connectivity index (χ4v) is 2.51. The molecule has 3 heterocycles. The number of amides is 1. The molecule has 0 fully saturated rings. The molecule has 0 bridgehead atoms. The number of fused-ring (bicyclic) bond motifs is 1. The number of aryl methyl sites for hydroxylation is 1. The van der Waals surface area contributed by atoms with Gasteiger partial charge in [0.05, 0.1) is 12.1 Å². The molecule has 0 spiro atoms. The number of nitrogens with one attached hydrogen (secondary N) is 1. The molecule has 0 unspecified atom stereocenters. The molecule has 0 aliphatic rings. The summed E-state index contributed by atoms with van der Waals surface area (Å²) in [4.78, 5) is 16.4. The minimum Gasteiger partial charge on any atom is -0.345 e. The first-order valence-corrected chi connectivity index (χ1v) is 7.69. The molecule has 3 aromatic heterocycles. The smallest absolute Gasteiger partial charge is 0.261 e. The minimum atomic E-state index is -0.166. The van der Waals surface area contributed by atoms with Crippen molar-refractivity contribution < 1.29 is 9.32 Å². The van der Waals surface area contributed by atoms with Crippen molar-refractivity contribution in [1.29, 1.82) is 0 Å². The topological polar surface area (TPSA) is 98.2 Å². The van der Waals surface area contributed by atoms with E-state index in [0.29, 0.717) is 34.3 Å². The Kier molecular flexibility index (Phi) is 3.70. The Hall–Kier alpha value is -3.55. The lowest BCUT2D eigenvalue weighted by molar-refractivity contribution is 0.0950. The predicted molar refractivity (Wildman–Crippen MR) is 88.6 cm³/mol. The van der Waals surface area contributed by atoms with E-state index in [0.717, 1.165) is 0 Å². The van der Waals surface area contributed by atoms with Crippen molar-refractivity contribution in [1.82, 2.24) is 30.1 Å². The number of aromatic nitrogens is 5. The highest BCUT2D eigenvalue weighted by molar-refractivity contribution is 5.94. The quantitative estimate of drug-likeness (QED) is 0.613. The largest absolute Gasteiger partial charge is 0.345 e. The Morgan fingerprint density at radius 1 is 1.16 bits per heavy atom. The Morgan fingerprint density at radius 2 is 2.00 bits per heavy atom. The molecule has 1 amide bonds. The van der Waals surface area contributed by atoms with Crippen LogP contribution in [0.4, 0.5) is 0 Å². The van der Waals surface area contributed by atoms with Crippen LogP contribution in [0.1, 0.15) is 22.0 Å². The Morgan fingerprint density at radius 3 is 2.76 bits per heavy atom. The fourth-order valence-electron chi connectivity index (χ4n) is 2.51. The zero-order chi connectivity index (χ0) is 17.2. The van der Waals surface area contributed by atoms with Gasteiger partial charge in [-0.3, -0.25) is 9.20 Å². The fraction of sp³-hybridized carbons (Fsp3) is 0.118. The van der Waals surface area contributed by atoms with Crippen molar-refractivity contribution in [3.63, 3.8) is 0 Å². The maximum Gasteiger partial charge on any atom is 0.261 e. The number of nitrogens with zero attached hydrogens (tertiary/aromatic N) is 5. The highest BCUT2D eigenvalue weighted by Crippen LogP contribution is 2.22. The van der Waals surface area contributed by atoms with E-state index in [1.807, 2.05) is 36.5 Å². The summed E-state index contributed by atoms with van der Waals surface area (Å²) in [6.07, 6.45) is 1.83. The summed E-state index contributed by atoms with van der Waals surface area (Å²) >= 11 is 0. The van der Waals surface area contributed by atoms with Gasteiger partial charge in [0, 0.05) is 11.8 Å². The zero-order valence-corrected chi connectivity index (χ0v) is 13.4. The molecule has 0 saturated heterocycles. The van der Waals surface area contributed by atoms with Gasteiger partial charge in [-0.1, -0.05) is 23.4 Å². The van der Waals surface area contributed by atoms with Crippen LogP contribution in [0.2, 0.25) is 0 Å². The highest BCUT2D eigenvalue weighted by atomic mass is 16.5. The van der Waals surface area contributed by atoms with E-state index >= 15 is 0 Å². The summed E-state index contributed by atoms with van der Waals surface area (Å²) < 4.78 is 7.00. The summed E-state index contributed by atoms with van der Waals surface area (Å²) in [7, 11) is 0. The molecule has 4 aromatic rings. The van der Waals surface area contributed by atoms with Crippen molar-refractivity contribution in [3.8, 4) is 11.5 Å². The van der Waals surface area contributed by atoms with Crippen LogP contribution in [0.5, 0.6) is 0 Å². The first-order valence-electron chi connectivity index (χ1n) is 7.69. The third kappa shape index (κ3) is 2.85. The van der Waals surface area contributed by atoms with E-state index in [9.17, 15) is 4.79 Å². The van der Waals surface area contributed by atoms with Gasteiger partial charge in [0.25, 0.3) is 11.8 Å². The second kappa shape index (κ2) is 6.16. The average molecular weight is 334 g/mol. The van der Waals surface area contributed by atoms with Crippen molar-refractivity contribution >= 4 is 11.6 Å². The molecule has 0 aliphatic carbocycles. The second-order valence-electron chi connectivity index (χ2n) is 5.43. The first-order chi connectivity index (χ1) is 12.2. The molecule has 8 nitrogen and oxygen atoms in total. The van der Waals surface area contributed by atoms with Crippen LogP contribution in [-0.4, -0.2) is 30.6 Å². The Labute approximate surface area is 142 Å². The number of carbonyl (C=O) groups is 1. The van der Waals surface area contributed by atoms with Gasteiger partial charge in [-0.2, -0.15) is 4.98 Å². The molecule has 1 N–H and O–H groups in total. The minimum absolute atomic E-state index is 0.166. The van der Waals surface area contributed by atoms with E-state index < -0.39 is 0 Å². The number of hydrogen-bond donors (Lipinski definition) is 1. The van der Waals surface area contributed by atoms with Gasteiger partial charge in [-0.15, -0.1) is 10.2 Å². The lowest BCUT2D eigenvalue weighted by atomic mass is 10.2. The third-order valence-electron chi connectivity index (χ3n) is 3.71. The van der Waals surface area contributed by atoms with Crippen molar-refractivity contribution in [2.45, 2.75) is 13.5 Å². The molecule has 25 heavy (non-hydrogen) atoms. The molecule has 4 rings (SSSR count). The number of hydrogen-bond acceptors (Lipinski definition) is 6. The highest BCUT2D eigenvalue weighted by Gasteiger charge is 2.15. The molecular weight excluding hydrogens is 320 g/mol. The van der Waals surface area contributed by atoms with Crippen LogP contribution in [0.15, 0.2) is 53.2 Å². The van der Waals surface area contributed by atoms with Crippen LogP contribution >= 0.6 is 0 Å². The van der Waals surface area contributed by atoms with Crippen molar-refractivity contribution in [2.24, 2.45) is 0 Å². The van der Waals surface area contributed by atoms with Gasteiger partial charge in [-0.25, -0.2) is 0 Å². The van der Waals surface area contributed by atoms with Crippen LogP contribution in [-0.2, 0) is 6.54 Å². The molecule has 0 saturated carbocycles. The van der Waals surface area contributed by atoms with Crippen molar-refractivity contribution in [3.05, 3.63) is 65.9 Å². The van der Waals surface area contributed by atoms with Gasteiger partial charge >= 0.3 is 0 Å². The van der Waals surface area contributed by atoms with E-state index in [2.05, 4.69) is 25.7 Å². The summed E-state index contributed by atoms with van der Waals surface area (Å²) in [6, 6.07) is 12.7. The zero-order valence-electron chi connectivity index (χ0n) is 13.4. The van der Waals surface area contributed by atoms with Crippen LogP contribution < -0.4 is 5.32 Å². The number of carbonyl (C=O) groups excluding carboxylic acids is 1. The molecule has 0 atom stereocenters. The summed E-state index contributed by atoms with van der Waals surface area (Å²) in [5, 5.41) is 15.0. The first kappa shape index (κ1) is 15.0. The summed E-state index contributed by atoms with van der Waals surface area (Å²) in [5.41, 5.74) is 1.88. The van der Waals surface area contributed by atoms with Crippen LogP contribution in [0, 0.1) is 6.92 Å². The second-order valence-corrected chi connectivity index (χ2v) is 5.43. The van der Waals surface area contributed by atoms with Crippen LogP contribution in [0.3, 0.4) is 0 Å². The van der Waals surface area contributed by atoms with Gasteiger partial charge in [-0.05, 0) is 31.2 Å². The van der Waals surface area contributed by atoms with E-state index in [4.69, 9.17) is 4.52 Å². The van der Waals surface area contributed by atoms with Crippen LogP contribution in [0.25, 0.3) is 17.1 Å². The number of pyridine rings is 1. The Bertz CT molecular complexity index is 1040. The molecule has 8 heteroatoms. The lowest BCUT2D eigenvalue weighted by Crippen LogP contribution is -2.23. The van der Waals surface area contributed by atoms with Gasteiger partial charge in [0.1, 0.15) is 0 Å². The van der Waals surface area contributed by atoms with Gasteiger partial charge < -0.3 is 9.84 Å². The maximum atomic E-state index is 12.2. The molecule has 124 valence electrons. The maximum absolute atomic E-state index is 12.2. The third-order valence-corrected chi connectivity index (χ3v) is 3.71. The Balaban J connectivity index is 1.60. The van der Waals surface area contributed by atoms with Gasteiger partial charge in [0.15, 0.2) is 17.3 Å². The SMILES string of the molecule is Cc1noc(-c2cccn3c(CNC(=O)c4ccccc4)nnc23)n1. The predicted octanol–water partition coefficient (Wildman–Crippen LogP) is 2.02. The summed E-state index contributed by atoms with van der Waals surface area (Å²) in [6.45, 7) is 2.00. The molecular formula is C17H14N6O2. The average Bonchev–Trinajstić information content (AvgIpc) is 3.26. The standard InChI is InChI=1S/C17H14N6O2/c1-11-19-17(25-22-11)13-8-5-9-23-14(20-21-15(13)23)10-18-16(24)12-6-3-2-4-7-12/h2-9H,10H2,1H3,(H,18,24). The molecule has 1 aromatic carbocycles. The lowest BCUT2D eigenvalue weighted by Gasteiger charge is -2.04. The summed E-state index contributed by atoms with van der Waals surface area (Å²) in [5.74, 6) is 1.38. The molecule has 0 radical (unpaired) electrons. The molecule has 0 aliphatic heterocycles. The van der Waals surface area contributed by atoms with Gasteiger partial charge in [0.2, 0.25) is 0 Å². The van der Waals surface area contributed by atoms with E-state index in [-0.39, 0.29) is 12.5 Å². The normalized spacial score (nSPS) is 10.9. The monoisotopic (exact) mass is 334 g/mol. The number of rotatable bonds is 4.